The fourth-order valence-electron chi connectivity index (χ4n) is 7.49. The maximum absolute atomic E-state index is 5.44. The summed E-state index contributed by atoms with van der Waals surface area (Å²) < 4.78 is 3.79. The van der Waals surface area contributed by atoms with Crippen LogP contribution in [-0.4, -0.2) is 29.5 Å². The van der Waals surface area contributed by atoms with Crippen molar-refractivity contribution in [2.45, 2.75) is 0 Å². The number of fused-ring (bicyclic) bond motifs is 10. The van der Waals surface area contributed by atoms with Crippen molar-refractivity contribution in [3.63, 3.8) is 0 Å². The summed E-state index contributed by atoms with van der Waals surface area (Å²) in [5.41, 5.74) is 8.09. The average Bonchev–Trinajstić information content (AvgIpc) is 4.12. The van der Waals surface area contributed by atoms with Gasteiger partial charge in [-0.1, -0.05) is 170 Å². The summed E-state index contributed by atoms with van der Waals surface area (Å²) in [4.78, 5) is 15.0. The molecule has 10 nitrogen and oxygen atoms in total. The zero-order chi connectivity index (χ0) is 38.4. The third kappa shape index (κ3) is 6.31. The molecule has 1 radical (unpaired) electrons. The number of hydrogen-bond acceptors (Lipinski definition) is 6. The Balaban J connectivity index is 0.00000420. The Morgan fingerprint density at radius 3 is 1.00 bits per heavy atom. The number of anilines is 2. The quantitative estimate of drug-likeness (QED) is 0.166. The summed E-state index contributed by atoms with van der Waals surface area (Å²) >= 11 is 0. The van der Waals surface area contributed by atoms with Crippen LogP contribution in [0.5, 0.6) is 0 Å². The fraction of sp³-hybridized carbons (Fsp3) is 0. The minimum Gasteiger partial charge on any atom is -0.432 e. The van der Waals surface area contributed by atoms with Gasteiger partial charge in [-0.15, -0.1) is 10.2 Å². The monoisotopic (exact) mass is 807 g/mol. The molecule has 283 valence electrons. The molecule has 0 saturated carbocycles. The molecule has 0 N–H and O–H groups in total. The topological polar surface area (TPSA) is 96.1 Å². The molecule has 3 aliphatic heterocycles. The number of hydrogen-bond donors (Lipinski definition) is 0. The molecule has 0 fully saturated rings. The van der Waals surface area contributed by atoms with Crippen LogP contribution < -0.4 is 9.80 Å². The fourth-order valence-corrected chi connectivity index (χ4v) is 7.49. The van der Waals surface area contributed by atoms with E-state index >= 15 is 0 Å². The second-order valence-electron chi connectivity index (χ2n) is 13.8. The van der Waals surface area contributed by atoms with Crippen LogP contribution in [0.15, 0.2) is 206 Å². The molecule has 0 unspecified atom stereocenters. The van der Waals surface area contributed by atoms with Crippen LogP contribution in [0, 0.1) is 0 Å². The van der Waals surface area contributed by atoms with Gasteiger partial charge in [-0.2, -0.15) is 0 Å². The Kier molecular flexibility index (Phi) is 9.05. The molecule has 0 aliphatic carbocycles. The van der Waals surface area contributed by atoms with Crippen molar-refractivity contribution in [2.24, 2.45) is 0 Å². The molecule has 6 aromatic carbocycles. The van der Waals surface area contributed by atoms with Crippen LogP contribution in [-0.2, 0) is 16.8 Å². The molecule has 2 aromatic heterocycles. The SMILES string of the molecule is C1=C2[N-]C(=C(c3ccccc3)c3nc(nn3-c3ccccc3)C3=CN(c4ccccc4)C(=C(c4ccccc4)c4nc2nn4-c2ccccc2)[N-]3)N1c1ccccc1.[Co+2]. The molecule has 0 atom stereocenters. The maximum Gasteiger partial charge on any atom is 2.00 e. The zero-order valence-corrected chi connectivity index (χ0v) is 32.3. The minimum atomic E-state index is 0. The molecule has 8 aromatic rings. The third-order valence-corrected chi connectivity index (χ3v) is 10.2. The first-order valence-corrected chi connectivity index (χ1v) is 19.0. The summed E-state index contributed by atoms with van der Waals surface area (Å²) in [6.45, 7) is 0. The summed E-state index contributed by atoms with van der Waals surface area (Å²) in [5.74, 6) is 3.42. The van der Waals surface area contributed by atoms with Crippen LogP contribution in [0.2, 0.25) is 0 Å². The van der Waals surface area contributed by atoms with E-state index in [1.807, 2.05) is 155 Å². The molecule has 5 heterocycles. The molecule has 3 aliphatic rings. The van der Waals surface area contributed by atoms with Crippen molar-refractivity contribution in [1.29, 1.82) is 0 Å². The van der Waals surface area contributed by atoms with E-state index in [0.717, 1.165) is 45.0 Å². The van der Waals surface area contributed by atoms with Gasteiger partial charge in [0.25, 0.3) is 0 Å². The van der Waals surface area contributed by atoms with E-state index < -0.39 is 0 Å². The van der Waals surface area contributed by atoms with Gasteiger partial charge in [0.1, 0.15) is 0 Å². The zero-order valence-electron chi connectivity index (χ0n) is 31.3. The van der Waals surface area contributed by atoms with Gasteiger partial charge in [-0.3, -0.25) is 0 Å². The largest absolute Gasteiger partial charge is 2.00 e. The van der Waals surface area contributed by atoms with E-state index in [9.17, 15) is 0 Å². The van der Waals surface area contributed by atoms with Gasteiger partial charge in [0.05, 0.1) is 11.4 Å². The smallest absolute Gasteiger partial charge is 0.432 e. The van der Waals surface area contributed by atoms with Crippen molar-refractivity contribution >= 4 is 33.9 Å². The number of aromatic nitrogens is 6. The Hall–Kier alpha value is -7.73. The number of nitrogens with zero attached hydrogens (tertiary/aromatic N) is 10. The molecule has 0 amide bonds. The van der Waals surface area contributed by atoms with E-state index in [1.54, 1.807) is 0 Å². The molecular formula is C48H32CoN10. The van der Waals surface area contributed by atoms with Crippen LogP contribution in [0.1, 0.15) is 34.4 Å². The van der Waals surface area contributed by atoms with Gasteiger partial charge >= 0.3 is 16.8 Å². The van der Waals surface area contributed by atoms with E-state index in [2.05, 4.69) is 58.3 Å². The summed E-state index contributed by atoms with van der Waals surface area (Å²) in [7, 11) is 0. The van der Waals surface area contributed by atoms with Gasteiger partial charge in [0.15, 0.2) is 23.3 Å². The van der Waals surface area contributed by atoms with Crippen LogP contribution in [0.25, 0.3) is 44.5 Å². The van der Waals surface area contributed by atoms with Crippen molar-refractivity contribution < 1.29 is 16.8 Å². The predicted octanol–water partition coefficient (Wildman–Crippen LogP) is 10.4. The molecule has 0 saturated heterocycles. The van der Waals surface area contributed by atoms with Crippen molar-refractivity contribution in [3.8, 4) is 11.4 Å². The molecule has 59 heavy (non-hydrogen) atoms. The molecule has 0 spiro atoms. The third-order valence-electron chi connectivity index (χ3n) is 10.2. The molecule has 11 heteroatoms. The van der Waals surface area contributed by atoms with E-state index in [4.69, 9.17) is 30.8 Å². The van der Waals surface area contributed by atoms with E-state index in [-0.39, 0.29) is 16.8 Å². The number of rotatable bonds is 6. The summed E-state index contributed by atoms with van der Waals surface area (Å²) in [5, 5.41) is 21.4. The second kappa shape index (κ2) is 15.0. The Labute approximate surface area is 351 Å². The van der Waals surface area contributed by atoms with E-state index in [1.165, 1.54) is 0 Å². The van der Waals surface area contributed by atoms with Crippen molar-refractivity contribution in [3.05, 3.63) is 251 Å². The van der Waals surface area contributed by atoms with Gasteiger partial charge < -0.3 is 20.4 Å². The Morgan fingerprint density at radius 1 is 0.356 bits per heavy atom. The summed E-state index contributed by atoms with van der Waals surface area (Å²) in [6.07, 6.45) is 4.02. The van der Waals surface area contributed by atoms with Crippen molar-refractivity contribution in [2.75, 3.05) is 9.80 Å². The number of benzene rings is 6. The maximum atomic E-state index is 5.44. The Morgan fingerprint density at radius 2 is 0.661 bits per heavy atom. The van der Waals surface area contributed by atoms with Gasteiger partial charge in [-0.25, -0.2) is 19.3 Å². The normalized spacial score (nSPS) is 14.2. The first-order valence-electron chi connectivity index (χ1n) is 19.0. The first-order chi connectivity index (χ1) is 28.8. The number of para-hydroxylation sites is 4. The van der Waals surface area contributed by atoms with Crippen LogP contribution in [0.3, 0.4) is 0 Å². The van der Waals surface area contributed by atoms with Gasteiger partial charge in [0, 0.05) is 22.5 Å². The van der Waals surface area contributed by atoms with Crippen LogP contribution >= 0.6 is 0 Å². The second-order valence-corrected chi connectivity index (χ2v) is 13.8. The standard InChI is InChI=1S/C48H32N10.Co/c1-7-19-33(20-8-1)41-45-49-39(31-55(45)35-23-11-3-12-24-35)44-52-48(58(54-44)38-29-17-6-18-30-38)42(34-21-9-2-10-22-34)46-50-40(32-56(46)36-25-13-4-14-26-36)43-51-47(41)57(53-43)37-27-15-5-16-28-37;/h1-32H;/q-2;+2. The average molecular weight is 808 g/mol. The first kappa shape index (κ1) is 35.7. The molecule has 8 bridgehead atoms. The van der Waals surface area contributed by atoms with E-state index in [0.29, 0.717) is 46.3 Å². The predicted molar refractivity (Wildman–Crippen MR) is 228 cm³/mol. The van der Waals surface area contributed by atoms with Crippen LogP contribution in [0.4, 0.5) is 11.4 Å². The molecular weight excluding hydrogens is 776 g/mol. The van der Waals surface area contributed by atoms with Crippen molar-refractivity contribution in [1.82, 2.24) is 29.5 Å². The molecule has 11 rings (SSSR count). The van der Waals surface area contributed by atoms with Gasteiger partial charge in [0.2, 0.25) is 0 Å². The summed E-state index contributed by atoms with van der Waals surface area (Å²) in [6, 6.07) is 61.0. The van der Waals surface area contributed by atoms with Gasteiger partial charge in [-0.05, 0) is 58.4 Å². The minimum absolute atomic E-state index is 0. The Bertz CT molecular complexity index is 2720.